The highest BCUT2D eigenvalue weighted by molar-refractivity contribution is 5.99. The Balaban J connectivity index is 1.67. The number of hydrogen-bond donors (Lipinski definition) is 2. The molecule has 2 aromatic rings. The van der Waals surface area contributed by atoms with E-state index >= 15 is 0 Å². The van der Waals surface area contributed by atoms with Crippen molar-refractivity contribution in [3.63, 3.8) is 0 Å². The van der Waals surface area contributed by atoms with Gasteiger partial charge in [0.2, 0.25) is 0 Å². The second-order valence-corrected chi connectivity index (χ2v) is 8.76. The highest BCUT2D eigenvalue weighted by atomic mass is 16.5. The zero-order chi connectivity index (χ0) is 24.9. The van der Waals surface area contributed by atoms with Gasteiger partial charge in [-0.15, -0.1) is 0 Å². The van der Waals surface area contributed by atoms with E-state index in [1.807, 2.05) is 42.2 Å². The molecule has 0 saturated heterocycles. The second kappa shape index (κ2) is 10.6. The van der Waals surface area contributed by atoms with E-state index in [1.165, 1.54) is 5.57 Å². The van der Waals surface area contributed by atoms with Crippen LogP contribution in [0.1, 0.15) is 40.4 Å². The molecule has 0 spiro atoms. The van der Waals surface area contributed by atoms with Gasteiger partial charge in [-0.3, -0.25) is 14.8 Å². The van der Waals surface area contributed by atoms with Crippen molar-refractivity contribution in [2.24, 2.45) is 5.92 Å². The number of nitrogens with one attached hydrogen (secondary N) is 1. The fourth-order valence-corrected chi connectivity index (χ4v) is 4.53. The second-order valence-electron chi connectivity index (χ2n) is 8.76. The Morgan fingerprint density at radius 2 is 1.89 bits per heavy atom. The van der Waals surface area contributed by atoms with E-state index in [4.69, 9.17) is 14.7 Å². The SMILES string of the molecule is COc1ccc(C=C(C(=O)N2CCc3ccc(C(=O)NO)cc3C2)C2C=CC(C)=CC2)cc1OC. The predicted molar refractivity (Wildman–Crippen MR) is 133 cm³/mol. The Bertz CT molecular complexity index is 1230. The maximum absolute atomic E-state index is 13.9. The number of hydrogen-bond acceptors (Lipinski definition) is 5. The van der Waals surface area contributed by atoms with E-state index in [9.17, 15) is 9.59 Å². The molecule has 182 valence electrons. The standard InChI is InChI=1S/C28H30N2O5/c1-18-4-7-21(8-5-18)24(14-19-6-11-25(34-2)26(15-19)35-3)28(32)30-13-12-20-9-10-22(27(31)29-33)16-23(20)17-30/h4-7,9-11,14-16,21,33H,8,12-13,17H2,1-3H3,(H,29,31). The molecule has 2 N–H and O–H groups in total. The molecule has 4 rings (SSSR count). The van der Waals surface area contributed by atoms with Crippen LogP contribution in [0.15, 0.2) is 65.8 Å². The summed E-state index contributed by atoms with van der Waals surface area (Å²) in [6, 6.07) is 10.9. The van der Waals surface area contributed by atoms with Crippen LogP contribution in [0.25, 0.3) is 6.08 Å². The zero-order valence-electron chi connectivity index (χ0n) is 20.2. The van der Waals surface area contributed by atoms with Crippen molar-refractivity contribution in [1.82, 2.24) is 10.4 Å². The topological polar surface area (TPSA) is 88.1 Å². The fraction of sp³-hybridized carbons (Fsp3) is 0.286. The van der Waals surface area contributed by atoms with Gasteiger partial charge < -0.3 is 14.4 Å². The summed E-state index contributed by atoms with van der Waals surface area (Å²) in [6.45, 7) is 3.04. The van der Waals surface area contributed by atoms with Crippen molar-refractivity contribution in [1.29, 1.82) is 0 Å². The summed E-state index contributed by atoms with van der Waals surface area (Å²) in [5.41, 5.74) is 6.77. The van der Waals surface area contributed by atoms with Crippen molar-refractivity contribution < 1.29 is 24.3 Å². The molecule has 1 heterocycles. The largest absolute Gasteiger partial charge is 0.493 e. The van der Waals surface area contributed by atoms with Gasteiger partial charge in [0.15, 0.2) is 11.5 Å². The van der Waals surface area contributed by atoms with Crippen LogP contribution in [0.2, 0.25) is 0 Å². The number of benzene rings is 2. The van der Waals surface area contributed by atoms with Gasteiger partial charge in [0.25, 0.3) is 11.8 Å². The molecule has 7 heteroatoms. The first kappa shape index (κ1) is 24.3. The average Bonchev–Trinajstić information content (AvgIpc) is 2.90. The summed E-state index contributed by atoms with van der Waals surface area (Å²) >= 11 is 0. The number of ether oxygens (including phenoxy) is 2. The van der Waals surface area contributed by atoms with Crippen LogP contribution in [0.5, 0.6) is 11.5 Å². The summed E-state index contributed by atoms with van der Waals surface area (Å²) in [5.74, 6) is 0.575. The van der Waals surface area contributed by atoms with Crippen LogP contribution in [0.3, 0.4) is 0 Å². The minimum atomic E-state index is -0.570. The summed E-state index contributed by atoms with van der Waals surface area (Å²) < 4.78 is 10.8. The van der Waals surface area contributed by atoms with Gasteiger partial charge in [0.05, 0.1) is 14.2 Å². The zero-order valence-corrected chi connectivity index (χ0v) is 20.2. The molecule has 1 atom stereocenters. The summed E-state index contributed by atoms with van der Waals surface area (Å²) in [5, 5.41) is 8.98. The van der Waals surface area contributed by atoms with Crippen LogP contribution >= 0.6 is 0 Å². The smallest absolute Gasteiger partial charge is 0.274 e. The minimum absolute atomic E-state index is 0.0370. The maximum Gasteiger partial charge on any atom is 0.274 e. The molecule has 0 fully saturated rings. The molecule has 0 bridgehead atoms. The molecule has 7 nitrogen and oxygen atoms in total. The molecule has 1 aliphatic heterocycles. The summed E-state index contributed by atoms with van der Waals surface area (Å²) in [4.78, 5) is 27.6. The number of fused-ring (bicyclic) bond motifs is 1. The quantitative estimate of drug-likeness (QED) is 0.370. The summed E-state index contributed by atoms with van der Waals surface area (Å²) in [7, 11) is 3.18. The Labute approximate surface area is 205 Å². The number of hydroxylamine groups is 1. The Morgan fingerprint density at radius 3 is 2.57 bits per heavy atom. The number of amides is 2. The van der Waals surface area contributed by atoms with Crippen LogP contribution in [0, 0.1) is 5.92 Å². The number of allylic oxidation sites excluding steroid dienone is 4. The lowest BCUT2D eigenvalue weighted by Gasteiger charge is -2.31. The lowest BCUT2D eigenvalue weighted by molar-refractivity contribution is -0.128. The molecular weight excluding hydrogens is 444 g/mol. The maximum atomic E-state index is 13.9. The lowest BCUT2D eigenvalue weighted by Crippen LogP contribution is -2.38. The number of carbonyl (C=O) groups is 2. The third-order valence-electron chi connectivity index (χ3n) is 6.53. The molecule has 2 aromatic carbocycles. The number of rotatable bonds is 6. The highest BCUT2D eigenvalue weighted by Crippen LogP contribution is 2.32. The normalized spacial score (nSPS) is 17.4. The van der Waals surface area contributed by atoms with Gasteiger partial charge in [0, 0.05) is 30.1 Å². The van der Waals surface area contributed by atoms with Crippen molar-refractivity contribution >= 4 is 17.9 Å². The average molecular weight is 475 g/mol. The van der Waals surface area contributed by atoms with Crippen LogP contribution in [-0.2, 0) is 17.8 Å². The van der Waals surface area contributed by atoms with Crippen LogP contribution < -0.4 is 15.0 Å². The highest BCUT2D eigenvalue weighted by Gasteiger charge is 2.28. The van der Waals surface area contributed by atoms with E-state index in [2.05, 4.69) is 18.2 Å². The molecule has 2 aliphatic rings. The lowest BCUT2D eigenvalue weighted by atomic mass is 9.87. The van der Waals surface area contributed by atoms with E-state index in [0.29, 0.717) is 42.1 Å². The van der Waals surface area contributed by atoms with Crippen molar-refractivity contribution in [2.45, 2.75) is 26.3 Å². The first-order valence-corrected chi connectivity index (χ1v) is 11.6. The Morgan fingerprint density at radius 1 is 1.09 bits per heavy atom. The van der Waals surface area contributed by atoms with Gasteiger partial charge in [-0.25, -0.2) is 5.48 Å². The Hall–Kier alpha value is -3.84. The summed E-state index contributed by atoms with van der Waals surface area (Å²) in [6.07, 6.45) is 9.66. The number of carbonyl (C=O) groups excluding carboxylic acids is 2. The molecule has 2 amide bonds. The molecule has 0 saturated carbocycles. The fourth-order valence-electron chi connectivity index (χ4n) is 4.53. The van der Waals surface area contributed by atoms with Crippen molar-refractivity contribution in [3.8, 4) is 11.5 Å². The molecular formula is C28H30N2O5. The minimum Gasteiger partial charge on any atom is -0.493 e. The van der Waals surface area contributed by atoms with Gasteiger partial charge in [0.1, 0.15) is 0 Å². The number of methoxy groups -OCH3 is 2. The molecule has 0 aromatic heterocycles. The molecule has 1 unspecified atom stereocenters. The first-order valence-electron chi connectivity index (χ1n) is 11.6. The predicted octanol–water partition coefficient (Wildman–Crippen LogP) is 4.31. The third kappa shape index (κ3) is 5.30. The Kier molecular flexibility index (Phi) is 7.36. The van der Waals surface area contributed by atoms with Crippen molar-refractivity contribution in [2.75, 3.05) is 20.8 Å². The van der Waals surface area contributed by atoms with Crippen LogP contribution in [0.4, 0.5) is 0 Å². The monoisotopic (exact) mass is 474 g/mol. The third-order valence-corrected chi connectivity index (χ3v) is 6.53. The van der Waals surface area contributed by atoms with E-state index in [1.54, 1.807) is 31.8 Å². The van der Waals surface area contributed by atoms with E-state index in [0.717, 1.165) is 23.1 Å². The molecule has 1 aliphatic carbocycles. The van der Waals surface area contributed by atoms with Crippen molar-refractivity contribution in [3.05, 3.63) is 88.0 Å². The van der Waals surface area contributed by atoms with Gasteiger partial charge in [-0.2, -0.15) is 0 Å². The number of nitrogens with zero attached hydrogens (tertiary/aromatic N) is 1. The van der Waals surface area contributed by atoms with E-state index < -0.39 is 5.91 Å². The molecule has 35 heavy (non-hydrogen) atoms. The van der Waals surface area contributed by atoms with E-state index in [-0.39, 0.29) is 11.8 Å². The molecule has 0 radical (unpaired) electrons. The van der Waals surface area contributed by atoms with Gasteiger partial charge in [-0.1, -0.05) is 35.9 Å². The van der Waals surface area contributed by atoms with Crippen LogP contribution in [-0.4, -0.2) is 42.7 Å². The first-order chi connectivity index (χ1) is 16.9. The van der Waals surface area contributed by atoms with Gasteiger partial charge in [-0.05, 0) is 66.8 Å². The van der Waals surface area contributed by atoms with Gasteiger partial charge >= 0.3 is 0 Å².